The summed E-state index contributed by atoms with van der Waals surface area (Å²) in [5.74, 6) is 0.380. The van der Waals surface area contributed by atoms with Crippen LogP contribution in [0.1, 0.15) is 40.3 Å². The zero-order valence-corrected chi connectivity index (χ0v) is 25.2. The van der Waals surface area contributed by atoms with Crippen molar-refractivity contribution in [1.82, 2.24) is 14.9 Å². The van der Waals surface area contributed by atoms with Gasteiger partial charge in [0.05, 0.1) is 36.8 Å². The van der Waals surface area contributed by atoms with Crippen LogP contribution >= 0.6 is 23.8 Å². The Labute approximate surface area is 245 Å². The second-order valence-corrected chi connectivity index (χ2v) is 12.4. The number of hydrogen-bond acceptors (Lipinski definition) is 5. The second-order valence-electron chi connectivity index (χ2n) is 9.85. The molecule has 2 atom stereocenters. The number of methoxy groups -OCH3 is 1. The van der Waals surface area contributed by atoms with Gasteiger partial charge < -0.3 is 19.5 Å². The van der Waals surface area contributed by atoms with Gasteiger partial charge in [-0.05, 0) is 86.6 Å². The molecule has 2 aromatic carbocycles. The zero-order chi connectivity index (χ0) is 28.8. The van der Waals surface area contributed by atoms with Crippen LogP contribution in [0.3, 0.4) is 0 Å². The van der Waals surface area contributed by atoms with Crippen LogP contribution in [0.25, 0.3) is 5.69 Å². The Morgan fingerprint density at radius 1 is 1.07 bits per heavy atom. The van der Waals surface area contributed by atoms with Crippen molar-refractivity contribution in [1.29, 1.82) is 0 Å². The summed E-state index contributed by atoms with van der Waals surface area (Å²) >= 11 is 12.3. The molecule has 0 aliphatic carbocycles. The van der Waals surface area contributed by atoms with E-state index < -0.39 is 10.0 Å². The number of aryl methyl sites for hydroxylation is 2. The predicted octanol–water partition coefficient (Wildman–Crippen LogP) is 6.01. The van der Waals surface area contributed by atoms with Crippen LogP contribution in [0.4, 0.5) is 11.4 Å². The summed E-state index contributed by atoms with van der Waals surface area (Å²) in [7, 11) is -1.99. The molecule has 0 bridgehead atoms. The molecule has 3 heterocycles. The van der Waals surface area contributed by atoms with E-state index in [0.717, 1.165) is 45.8 Å². The van der Waals surface area contributed by atoms with E-state index in [0.29, 0.717) is 21.6 Å². The maximum Gasteiger partial charge on any atom is 0.229 e. The van der Waals surface area contributed by atoms with E-state index >= 15 is 0 Å². The number of pyridine rings is 1. The lowest BCUT2D eigenvalue weighted by atomic mass is 9.96. The lowest BCUT2D eigenvalue weighted by molar-refractivity contribution is 0.417. The number of sulfonamides is 1. The molecule has 1 aliphatic rings. The third-order valence-corrected chi connectivity index (χ3v) is 8.20. The number of nitrogens with one attached hydrogen (secondary N) is 2. The van der Waals surface area contributed by atoms with Gasteiger partial charge in [0.2, 0.25) is 10.0 Å². The third-order valence-electron chi connectivity index (χ3n) is 7.06. The summed E-state index contributed by atoms with van der Waals surface area (Å²) in [5.41, 5.74) is 7.24. The van der Waals surface area contributed by atoms with Gasteiger partial charge in [-0.3, -0.25) is 9.71 Å². The van der Waals surface area contributed by atoms with Crippen molar-refractivity contribution in [3.05, 3.63) is 100 Å². The van der Waals surface area contributed by atoms with Gasteiger partial charge >= 0.3 is 0 Å². The molecule has 0 unspecified atom stereocenters. The van der Waals surface area contributed by atoms with Crippen LogP contribution in [0, 0.1) is 20.8 Å². The van der Waals surface area contributed by atoms with Crippen molar-refractivity contribution < 1.29 is 13.2 Å². The van der Waals surface area contributed by atoms with Gasteiger partial charge in [-0.1, -0.05) is 23.7 Å². The molecule has 1 fully saturated rings. The Balaban J connectivity index is 1.68. The summed E-state index contributed by atoms with van der Waals surface area (Å²) in [6.07, 6.45) is 2.87. The quantitative estimate of drug-likeness (QED) is 0.253. The van der Waals surface area contributed by atoms with E-state index in [4.69, 9.17) is 28.6 Å². The number of ether oxygens (including phenoxy) is 1. The van der Waals surface area contributed by atoms with Gasteiger partial charge in [0.1, 0.15) is 5.75 Å². The van der Waals surface area contributed by atoms with Crippen LogP contribution in [0.5, 0.6) is 5.75 Å². The van der Waals surface area contributed by atoms with Gasteiger partial charge in [-0.2, -0.15) is 0 Å². The van der Waals surface area contributed by atoms with Crippen LogP contribution in [-0.4, -0.2) is 36.4 Å². The molecule has 8 nitrogen and oxygen atoms in total. The van der Waals surface area contributed by atoms with Gasteiger partial charge in [0, 0.05) is 40.0 Å². The van der Waals surface area contributed by atoms with Gasteiger partial charge in [-0.25, -0.2) is 8.42 Å². The van der Waals surface area contributed by atoms with Crippen molar-refractivity contribution in [3.63, 3.8) is 0 Å². The molecule has 208 valence electrons. The molecule has 0 saturated carbocycles. The molecule has 1 saturated heterocycles. The lowest BCUT2D eigenvalue weighted by Crippen LogP contribution is -2.29. The molecule has 40 heavy (non-hydrogen) atoms. The molecule has 0 radical (unpaired) electrons. The van der Waals surface area contributed by atoms with Crippen LogP contribution in [0.15, 0.2) is 66.9 Å². The normalized spacial score (nSPS) is 17.1. The topological polar surface area (TPSA) is 88.5 Å². The van der Waals surface area contributed by atoms with Crippen molar-refractivity contribution in [3.8, 4) is 11.4 Å². The fourth-order valence-electron chi connectivity index (χ4n) is 5.34. The zero-order valence-electron chi connectivity index (χ0n) is 22.8. The van der Waals surface area contributed by atoms with E-state index in [1.807, 2.05) is 47.4 Å². The van der Waals surface area contributed by atoms with Crippen molar-refractivity contribution in [2.24, 2.45) is 0 Å². The SMILES string of the molecule is COc1cc(N2C(=S)N[C@@H](c3ccccn3)[C@H]2c2cc(C)n(-c3cc(Cl)ccc3C)c2C)ccc1NS(C)(=O)=O. The van der Waals surface area contributed by atoms with Crippen LogP contribution in [-0.2, 0) is 10.0 Å². The molecule has 4 aromatic rings. The summed E-state index contributed by atoms with van der Waals surface area (Å²) in [4.78, 5) is 6.70. The van der Waals surface area contributed by atoms with Crippen LogP contribution < -0.4 is 19.7 Å². The number of aromatic nitrogens is 2. The first kappa shape index (κ1) is 27.9. The molecular formula is C29H30ClN5O3S2. The fourth-order valence-corrected chi connectivity index (χ4v) is 6.42. The predicted molar refractivity (Wildman–Crippen MR) is 164 cm³/mol. The maximum absolute atomic E-state index is 11.9. The van der Waals surface area contributed by atoms with Gasteiger partial charge in [0.15, 0.2) is 5.11 Å². The number of rotatable bonds is 7. The van der Waals surface area contributed by atoms with Crippen LogP contribution in [0.2, 0.25) is 5.02 Å². The Kier molecular flexibility index (Phi) is 7.52. The second kappa shape index (κ2) is 10.8. The van der Waals surface area contributed by atoms with Gasteiger partial charge in [-0.15, -0.1) is 0 Å². The number of halogens is 1. The summed E-state index contributed by atoms with van der Waals surface area (Å²) < 4.78 is 34.1. The first-order valence-electron chi connectivity index (χ1n) is 12.6. The number of anilines is 2. The number of hydrogen-bond donors (Lipinski definition) is 2. The summed E-state index contributed by atoms with van der Waals surface area (Å²) in [6.45, 7) is 6.24. The third kappa shape index (κ3) is 5.26. The Hall–Kier alpha value is -3.60. The highest BCUT2D eigenvalue weighted by molar-refractivity contribution is 7.92. The van der Waals surface area contributed by atoms with Crippen molar-refractivity contribution in [2.75, 3.05) is 23.0 Å². The molecule has 11 heteroatoms. The number of thiocarbonyl (C=S) groups is 1. The Bertz CT molecular complexity index is 1710. The van der Waals surface area contributed by atoms with Crippen molar-refractivity contribution >= 4 is 50.3 Å². The molecule has 2 N–H and O–H groups in total. The van der Waals surface area contributed by atoms with Gasteiger partial charge in [0.25, 0.3) is 0 Å². The van der Waals surface area contributed by atoms with E-state index in [-0.39, 0.29) is 12.1 Å². The maximum atomic E-state index is 11.9. The Morgan fingerprint density at radius 3 is 2.52 bits per heavy atom. The average Bonchev–Trinajstić information content (AvgIpc) is 3.40. The minimum absolute atomic E-state index is 0.247. The van der Waals surface area contributed by atoms with E-state index in [1.165, 1.54) is 7.11 Å². The highest BCUT2D eigenvalue weighted by atomic mass is 35.5. The summed E-state index contributed by atoms with van der Waals surface area (Å²) in [5, 5.41) is 4.68. The van der Waals surface area contributed by atoms with Crippen molar-refractivity contribution in [2.45, 2.75) is 32.9 Å². The first-order valence-corrected chi connectivity index (χ1v) is 15.3. The minimum Gasteiger partial charge on any atom is -0.494 e. The van der Waals surface area contributed by atoms with E-state index in [2.05, 4.69) is 46.4 Å². The number of nitrogens with zero attached hydrogens (tertiary/aromatic N) is 3. The number of benzene rings is 2. The van der Waals surface area contributed by atoms with E-state index in [1.54, 1.807) is 18.3 Å². The molecule has 5 rings (SSSR count). The molecule has 0 spiro atoms. The smallest absolute Gasteiger partial charge is 0.229 e. The lowest BCUT2D eigenvalue weighted by Gasteiger charge is -2.29. The standard InChI is InChI=1S/C29H30ClN5O3S2/c1-17-9-10-20(30)15-25(17)34-18(2)14-22(19(34)3)28-27(24-8-6-7-13-31-24)32-29(39)35(28)21-11-12-23(26(16-21)38-4)33-40(5,36)37/h6-16,27-28,33H,1-5H3,(H,32,39)/t27-,28+/m0/s1. The largest absolute Gasteiger partial charge is 0.494 e. The monoisotopic (exact) mass is 595 g/mol. The molecular weight excluding hydrogens is 566 g/mol. The Morgan fingerprint density at radius 2 is 1.85 bits per heavy atom. The molecule has 2 aromatic heterocycles. The average molecular weight is 596 g/mol. The van der Waals surface area contributed by atoms with E-state index in [9.17, 15) is 8.42 Å². The summed E-state index contributed by atoms with van der Waals surface area (Å²) in [6, 6.07) is 18.7. The highest BCUT2D eigenvalue weighted by Crippen LogP contribution is 2.45. The molecule has 0 amide bonds. The minimum atomic E-state index is -3.49. The highest BCUT2D eigenvalue weighted by Gasteiger charge is 2.42. The fraction of sp³-hybridized carbons (Fsp3) is 0.241. The first-order chi connectivity index (χ1) is 19.0. The molecule has 1 aliphatic heterocycles.